The highest BCUT2D eigenvalue weighted by atomic mass is 32.2. The van der Waals surface area contributed by atoms with Gasteiger partial charge < -0.3 is 14.6 Å². The van der Waals surface area contributed by atoms with Gasteiger partial charge in [-0.15, -0.1) is 11.8 Å². The van der Waals surface area contributed by atoms with Gasteiger partial charge in [0.15, 0.2) is 6.61 Å². The summed E-state index contributed by atoms with van der Waals surface area (Å²) in [5.41, 5.74) is 2.20. The SMILES string of the molecule is COc1cc(OCC(=O)O)c(C)cc1SCCc1ccc2ccccc2c1. The van der Waals surface area contributed by atoms with Gasteiger partial charge >= 0.3 is 5.97 Å². The summed E-state index contributed by atoms with van der Waals surface area (Å²) in [4.78, 5) is 11.7. The Morgan fingerprint density at radius 2 is 1.81 bits per heavy atom. The molecule has 4 nitrogen and oxygen atoms in total. The summed E-state index contributed by atoms with van der Waals surface area (Å²) in [6.45, 7) is 1.54. The fourth-order valence-electron chi connectivity index (χ4n) is 2.88. The van der Waals surface area contributed by atoms with Gasteiger partial charge in [-0.2, -0.15) is 0 Å². The van der Waals surface area contributed by atoms with E-state index in [1.54, 1.807) is 24.9 Å². The Morgan fingerprint density at radius 1 is 1.04 bits per heavy atom. The lowest BCUT2D eigenvalue weighted by molar-refractivity contribution is -0.139. The normalized spacial score (nSPS) is 10.7. The van der Waals surface area contributed by atoms with E-state index in [1.165, 1.54) is 16.3 Å². The fraction of sp³-hybridized carbons (Fsp3) is 0.227. The monoisotopic (exact) mass is 382 g/mol. The number of hydrogen-bond acceptors (Lipinski definition) is 4. The number of thioether (sulfide) groups is 1. The van der Waals surface area contributed by atoms with Crippen molar-refractivity contribution in [3.8, 4) is 11.5 Å². The molecule has 0 fully saturated rings. The second kappa shape index (κ2) is 8.82. The van der Waals surface area contributed by atoms with E-state index in [4.69, 9.17) is 14.6 Å². The van der Waals surface area contributed by atoms with Crippen molar-refractivity contribution in [1.29, 1.82) is 0 Å². The summed E-state index contributed by atoms with van der Waals surface area (Å²) in [5.74, 6) is 1.16. The minimum Gasteiger partial charge on any atom is -0.495 e. The number of methoxy groups -OCH3 is 1. The quantitative estimate of drug-likeness (QED) is 0.558. The van der Waals surface area contributed by atoms with Crippen LogP contribution in [0.1, 0.15) is 11.1 Å². The van der Waals surface area contributed by atoms with Crippen LogP contribution in [0.15, 0.2) is 59.5 Å². The van der Waals surface area contributed by atoms with E-state index in [9.17, 15) is 4.79 Å². The van der Waals surface area contributed by atoms with Gasteiger partial charge in [0.2, 0.25) is 0 Å². The third kappa shape index (κ3) is 4.95. The zero-order chi connectivity index (χ0) is 19.2. The first-order chi connectivity index (χ1) is 13.1. The highest BCUT2D eigenvalue weighted by Gasteiger charge is 2.11. The molecule has 0 unspecified atom stereocenters. The number of carboxylic acid groups (broad SMARTS) is 1. The Bertz CT molecular complexity index is 952. The number of benzene rings is 3. The molecule has 3 rings (SSSR count). The molecule has 0 heterocycles. The maximum Gasteiger partial charge on any atom is 0.341 e. The summed E-state index contributed by atoms with van der Waals surface area (Å²) >= 11 is 1.72. The topological polar surface area (TPSA) is 55.8 Å². The van der Waals surface area contributed by atoms with E-state index in [0.29, 0.717) is 11.5 Å². The molecule has 3 aromatic rings. The van der Waals surface area contributed by atoms with Crippen molar-refractivity contribution in [3.05, 3.63) is 65.7 Å². The maximum atomic E-state index is 10.7. The predicted molar refractivity (Wildman–Crippen MR) is 109 cm³/mol. The number of carboxylic acids is 1. The van der Waals surface area contributed by atoms with Gasteiger partial charge in [0.1, 0.15) is 11.5 Å². The van der Waals surface area contributed by atoms with E-state index in [1.807, 2.05) is 13.0 Å². The highest BCUT2D eigenvalue weighted by Crippen LogP contribution is 2.35. The minimum absolute atomic E-state index is 0.363. The molecule has 0 aliphatic rings. The predicted octanol–water partition coefficient (Wildman–Crippen LogP) is 4.96. The van der Waals surface area contributed by atoms with E-state index >= 15 is 0 Å². The lowest BCUT2D eigenvalue weighted by atomic mass is 10.1. The summed E-state index contributed by atoms with van der Waals surface area (Å²) in [5, 5.41) is 11.3. The number of rotatable bonds is 8. The molecule has 0 aliphatic carbocycles. The van der Waals surface area contributed by atoms with Crippen molar-refractivity contribution in [3.63, 3.8) is 0 Å². The van der Waals surface area contributed by atoms with Gasteiger partial charge in [0.25, 0.3) is 0 Å². The average molecular weight is 382 g/mol. The van der Waals surface area contributed by atoms with Crippen molar-refractivity contribution < 1.29 is 19.4 Å². The van der Waals surface area contributed by atoms with Crippen molar-refractivity contribution >= 4 is 28.5 Å². The second-order valence-electron chi connectivity index (χ2n) is 6.23. The van der Waals surface area contributed by atoms with Crippen LogP contribution in [0, 0.1) is 6.92 Å². The molecule has 0 aromatic heterocycles. The Balaban J connectivity index is 1.67. The van der Waals surface area contributed by atoms with Crippen LogP contribution >= 0.6 is 11.8 Å². The third-order valence-electron chi connectivity index (χ3n) is 4.27. The lowest BCUT2D eigenvalue weighted by Gasteiger charge is -2.13. The van der Waals surface area contributed by atoms with E-state index in [-0.39, 0.29) is 6.61 Å². The molecule has 5 heteroatoms. The molecule has 0 saturated carbocycles. The molecule has 27 heavy (non-hydrogen) atoms. The second-order valence-corrected chi connectivity index (χ2v) is 7.37. The fourth-order valence-corrected chi connectivity index (χ4v) is 3.99. The van der Waals surface area contributed by atoms with E-state index in [2.05, 4.69) is 42.5 Å². The Hall–Kier alpha value is -2.66. The first kappa shape index (κ1) is 19.1. The van der Waals surface area contributed by atoms with Gasteiger partial charge in [-0.1, -0.05) is 42.5 Å². The van der Waals surface area contributed by atoms with Gasteiger partial charge in [-0.25, -0.2) is 4.79 Å². The highest BCUT2D eigenvalue weighted by molar-refractivity contribution is 7.99. The van der Waals surface area contributed by atoms with E-state index in [0.717, 1.165) is 22.6 Å². The molecule has 0 saturated heterocycles. The largest absolute Gasteiger partial charge is 0.495 e. The Labute approximate surface area is 163 Å². The van der Waals surface area contributed by atoms with Gasteiger partial charge in [-0.05, 0) is 41.3 Å². The first-order valence-corrected chi connectivity index (χ1v) is 9.69. The molecule has 3 aromatic carbocycles. The van der Waals surface area contributed by atoms with Crippen LogP contribution in [-0.2, 0) is 11.2 Å². The van der Waals surface area contributed by atoms with Gasteiger partial charge in [0.05, 0.1) is 7.11 Å². The van der Waals surface area contributed by atoms with Crippen LogP contribution in [0.5, 0.6) is 11.5 Å². The van der Waals surface area contributed by atoms with Crippen LogP contribution in [0.3, 0.4) is 0 Å². The Kier molecular flexibility index (Phi) is 6.24. The summed E-state index contributed by atoms with van der Waals surface area (Å²) in [6.07, 6.45) is 0.953. The lowest BCUT2D eigenvalue weighted by Crippen LogP contribution is -2.10. The molecule has 0 atom stereocenters. The summed E-state index contributed by atoms with van der Waals surface area (Å²) < 4.78 is 10.8. The number of aryl methyl sites for hydroxylation is 2. The zero-order valence-electron chi connectivity index (χ0n) is 15.4. The third-order valence-corrected chi connectivity index (χ3v) is 5.31. The number of ether oxygens (including phenoxy) is 2. The maximum absolute atomic E-state index is 10.7. The molecular formula is C22H22O4S. The summed E-state index contributed by atoms with van der Waals surface area (Å²) in [7, 11) is 1.61. The molecule has 140 valence electrons. The van der Waals surface area contributed by atoms with Crippen molar-refractivity contribution in [1.82, 2.24) is 0 Å². The molecular weight excluding hydrogens is 360 g/mol. The number of aliphatic carboxylic acids is 1. The Morgan fingerprint density at radius 3 is 2.56 bits per heavy atom. The van der Waals surface area contributed by atoms with Crippen molar-refractivity contribution in [2.24, 2.45) is 0 Å². The molecule has 0 radical (unpaired) electrons. The number of hydrogen-bond donors (Lipinski definition) is 1. The molecule has 0 spiro atoms. The molecule has 0 bridgehead atoms. The number of carbonyl (C=O) groups is 1. The van der Waals surface area contributed by atoms with Gasteiger partial charge in [0, 0.05) is 16.7 Å². The summed E-state index contributed by atoms with van der Waals surface area (Å²) in [6, 6.07) is 18.7. The van der Waals surface area contributed by atoms with Crippen molar-refractivity contribution in [2.45, 2.75) is 18.2 Å². The molecule has 1 N–H and O–H groups in total. The van der Waals surface area contributed by atoms with Crippen LogP contribution < -0.4 is 9.47 Å². The number of fused-ring (bicyclic) bond motifs is 1. The standard InChI is InChI=1S/C22H22O4S/c1-15-11-21(20(25-2)13-19(15)26-14-22(23)24)27-10-9-16-7-8-17-5-3-4-6-18(17)12-16/h3-8,11-13H,9-10,14H2,1-2H3,(H,23,24). The van der Waals surface area contributed by atoms with Crippen LogP contribution in [-0.4, -0.2) is 30.5 Å². The zero-order valence-corrected chi connectivity index (χ0v) is 16.2. The minimum atomic E-state index is -0.998. The van der Waals surface area contributed by atoms with Crippen LogP contribution in [0.25, 0.3) is 10.8 Å². The van der Waals surface area contributed by atoms with Crippen molar-refractivity contribution in [2.75, 3.05) is 19.5 Å². The van der Waals surface area contributed by atoms with Gasteiger partial charge in [-0.3, -0.25) is 0 Å². The smallest absolute Gasteiger partial charge is 0.341 e. The van der Waals surface area contributed by atoms with Crippen LogP contribution in [0.4, 0.5) is 0 Å². The average Bonchev–Trinajstić information content (AvgIpc) is 2.67. The first-order valence-electron chi connectivity index (χ1n) is 8.70. The van der Waals surface area contributed by atoms with E-state index < -0.39 is 5.97 Å². The molecule has 0 amide bonds. The van der Waals surface area contributed by atoms with Crippen LogP contribution in [0.2, 0.25) is 0 Å². The molecule has 0 aliphatic heterocycles.